The van der Waals surface area contributed by atoms with E-state index >= 15 is 0 Å². The summed E-state index contributed by atoms with van der Waals surface area (Å²) in [5, 5.41) is 2.90. The average Bonchev–Trinajstić information content (AvgIpc) is 2.97. The van der Waals surface area contributed by atoms with Crippen molar-refractivity contribution in [3.8, 4) is 0 Å². The van der Waals surface area contributed by atoms with Gasteiger partial charge in [0.05, 0.1) is 6.04 Å². The second-order valence-corrected chi connectivity index (χ2v) is 4.78. The van der Waals surface area contributed by atoms with E-state index in [-0.39, 0.29) is 17.8 Å². The summed E-state index contributed by atoms with van der Waals surface area (Å²) in [5.41, 5.74) is 0.925. The van der Waals surface area contributed by atoms with Gasteiger partial charge in [0.25, 0.3) is 0 Å². The first-order chi connectivity index (χ1) is 9.69. The lowest BCUT2D eigenvalue weighted by atomic mass is 10.1. The van der Waals surface area contributed by atoms with Gasteiger partial charge in [0.1, 0.15) is 5.82 Å². The summed E-state index contributed by atoms with van der Waals surface area (Å²) in [5.74, 6) is -0.201. The zero-order valence-electron chi connectivity index (χ0n) is 11.6. The Balaban J connectivity index is 2.08. The van der Waals surface area contributed by atoms with Crippen LogP contribution in [-0.4, -0.2) is 17.0 Å². The van der Waals surface area contributed by atoms with Crippen molar-refractivity contribution in [3.63, 3.8) is 0 Å². The SMILES string of the molecule is CCC(=O)NCC(Cc1cccc(F)c1)n1cccc1. The van der Waals surface area contributed by atoms with Gasteiger partial charge in [0.15, 0.2) is 0 Å². The molecule has 1 aromatic heterocycles. The highest BCUT2D eigenvalue weighted by Crippen LogP contribution is 2.15. The number of halogens is 1. The number of aromatic nitrogens is 1. The van der Waals surface area contributed by atoms with Crippen LogP contribution >= 0.6 is 0 Å². The van der Waals surface area contributed by atoms with Gasteiger partial charge in [0, 0.05) is 25.4 Å². The Morgan fingerprint density at radius 3 is 2.70 bits per heavy atom. The molecule has 0 aliphatic heterocycles. The zero-order valence-corrected chi connectivity index (χ0v) is 11.6. The second kappa shape index (κ2) is 6.89. The molecule has 0 saturated carbocycles. The van der Waals surface area contributed by atoms with Crippen LogP contribution in [0.25, 0.3) is 0 Å². The molecule has 0 radical (unpaired) electrons. The van der Waals surface area contributed by atoms with Gasteiger partial charge in [-0.1, -0.05) is 19.1 Å². The Hall–Kier alpha value is -2.10. The molecule has 0 fully saturated rings. The summed E-state index contributed by atoms with van der Waals surface area (Å²) in [6.07, 6.45) is 5.07. The van der Waals surface area contributed by atoms with Crippen LogP contribution in [0.3, 0.4) is 0 Å². The first-order valence-electron chi connectivity index (χ1n) is 6.82. The number of benzene rings is 1. The lowest BCUT2D eigenvalue weighted by Gasteiger charge is -2.20. The Bertz CT molecular complexity index is 551. The van der Waals surface area contributed by atoms with Gasteiger partial charge >= 0.3 is 0 Å². The first kappa shape index (κ1) is 14.3. The molecular weight excluding hydrogens is 255 g/mol. The summed E-state index contributed by atoms with van der Waals surface area (Å²) in [6.45, 7) is 2.37. The number of hydrogen-bond donors (Lipinski definition) is 1. The molecule has 1 aromatic carbocycles. The van der Waals surface area contributed by atoms with Crippen LogP contribution in [0.1, 0.15) is 24.9 Å². The molecular formula is C16H19FN2O. The molecule has 106 valence electrons. The van der Waals surface area contributed by atoms with Crippen LogP contribution in [0.4, 0.5) is 4.39 Å². The van der Waals surface area contributed by atoms with Crippen molar-refractivity contribution in [2.75, 3.05) is 6.54 Å². The number of amides is 1. The monoisotopic (exact) mass is 274 g/mol. The predicted molar refractivity (Wildman–Crippen MR) is 76.9 cm³/mol. The molecule has 1 atom stereocenters. The van der Waals surface area contributed by atoms with Crippen molar-refractivity contribution in [2.45, 2.75) is 25.8 Å². The number of hydrogen-bond acceptors (Lipinski definition) is 1. The summed E-state index contributed by atoms with van der Waals surface area (Å²) in [7, 11) is 0. The van der Waals surface area contributed by atoms with Crippen LogP contribution in [0.5, 0.6) is 0 Å². The minimum Gasteiger partial charge on any atom is -0.354 e. The van der Waals surface area contributed by atoms with Gasteiger partial charge in [-0.3, -0.25) is 4.79 Å². The maximum Gasteiger partial charge on any atom is 0.219 e. The van der Waals surface area contributed by atoms with Crippen molar-refractivity contribution in [2.24, 2.45) is 0 Å². The Labute approximate surface area is 118 Å². The lowest BCUT2D eigenvalue weighted by Crippen LogP contribution is -2.30. The Morgan fingerprint density at radius 2 is 2.05 bits per heavy atom. The number of nitrogens with one attached hydrogen (secondary N) is 1. The van der Waals surface area contributed by atoms with E-state index in [0.29, 0.717) is 19.4 Å². The Morgan fingerprint density at radius 1 is 1.30 bits per heavy atom. The third kappa shape index (κ3) is 3.95. The molecule has 4 heteroatoms. The van der Waals surface area contributed by atoms with Gasteiger partial charge in [0.2, 0.25) is 5.91 Å². The van der Waals surface area contributed by atoms with Gasteiger partial charge in [-0.2, -0.15) is 0 Å². The molecule has 1 amide bonds. The van der Waals surface area contributed by atoms with E-state index in [1.807, 2.05) is 42.1 Å². The minimum absolute atomic E-state index is 0.0291. The van der Waals surface area contributed by atoms with Crippen molar-refractivity contribution in [1.29, 1.82) is 0 Å². The highest BCUT2D eigenvalue weighted by Gasteiger charge is 2.12. The largest absolute Gasteiger partial charge is 0.354 e. The molecule has 0 aliphatic carbocycles. The van der Waals surface area contributed by atoms with Crippen molar-refractivity contribution in [3.05, 3.63) is 60.2 Å². The minimum atomic E-state index is -0.230. The van der Waals surface area contributed by atoms with Crippen molar-refractivity contribution in [1.82, 2.24) is 9.88 Å². The number of nitrogens with zero attached hydrogens (tertiary/aromatic N) is 1. The highest BCUT2D eigenvalue weighted by atomic mass is 19.1. The molecule has 1 N–H and O–H groups in total. The Kier molecular flexibility index (Phi) is 4.93. The molecule has 2 aromatic rings. The first-order valence-corrected chi connectivity index (χ1v) is 6.82. The summed E-state index contributed by atoms with van der Waals surface area (Å²) < 4.78 is 15.3. The van der Waals surface area contributed by atoms with Gasteiger partial charge in [-0.05, 0) is 36.2 Å². The molecule has 3 nitrogen and oxygen atoms in total. The molecule has 0 aliphatic rings. The summed E-state index contributed by atoms with van der Waals surface area (Å²) >= 11 is 0. The van der Waals surface area contributed by atoms with Crippen LogP contribution in [0, 0.1) is 5.82 Å². The van der Waals surface area contributed by atoms with E-state index in [0.717, 1.165) is 5.56 Å². The molecule has 20 heavy (non-hydrogen) atoms. The summed E-state index contributed by atoms with van der Waals surface area (Å²) in [4.78, 5) is 11.4. The summed E-state index contributed by atoms with van der Waals surface area (Å²) in [6, 6.07) is 10.6. The number of carbonyl (C=O) groups is 1. The van der Waals surface area contributed by atoms with Crippen LogP contribution in [-0.2, 0) is 11.2 Å². The third-order valence-electron chi connectivity index (χ3n) is 3.27. The van der Waals surface area contributed by atoms with Crippen molar-refractivity contribution >= 4 is 5.91 Å². The standard InChI is InChI=1S/C16H19FN2O/c1-2-16(20)18-12-15(19-8-3-4-9-19)11-13-6-5-7-14(17)10-13/h3-10,15H,2,11-12H2,1H3,(H,18,20). The highest BCUT2D eigenvalue weighted by molar-refractivity contribution is 5.75. The van der Waals surface area contributed by atoms with Crippen LogP contribution < -0.4 is 5.32 Å². The topological polar surface area (TPSA) is 34.0 Å². The van der Waals surface area contributed by atoms with Gasteiger partial charge < -0.3 is 9.88 Å². The lowest BCUT2D eigenvalue weighted by molar-refractivity contribution is -0.120. The molecule has 0 saturated heterocycles. The van der Waals surface area contributed by atoms with Crippen LogP contribution in [0.15, 0.2) is 48.8 Å². The average molecular weight is 274 g/mol. The normalized spacial score (nSPS) is 12.1. The number of carbonyl (C=O) groups excluding carboxylic acids is 1. The second-order valence-electron chi connectivity index (χ2n) is 4.78. The third-order valence-corrected chi connectivity index (χ3v) is 3.27. The molecule has 2 rings (SSSR count). The molecule has 0 spiro atoms. The fraction of sp³-hybridized carbons (Fsp3) is 0.312. The van der Waals surface area contributed by atoms with Crippen molar-refractivity contribution < 1.29 is 9.18 Å². The maximum atomic E-state index is 13.3. The predicted octanol–water partition coefficient (Wildman–Crippen LogP) is 2.94. The van der Waals surface area contributed by atoms with E-state index in [9.17, 15) is 9.18 Å². The molecule has 1 unspecified atom stereocenters. The van der Waals surface area contributed by atoms with Gasteiger partial charge in [-0.15, -0.1) is 0 Å². The smallest absolute Gasteiger partial charge is 0.219 e. The fourth-order valence-electron chi connectivity index (χ4n) is 2.17. The van der Waals surface area contributed by atoms with Gasteiger partial charge in [-0.25, -0.2) is 4.39 Å². The van der Waals surface area contributed by atoms with E-state index in [4.69, 9.17) is 0 Å². The van der Waals surface area contributed by atoms with E-state index in [1.54, 1.807) is 6.07 Å². The molecule has 1 heterocycles. The van der Waals surface area contributed by atoms with E-state index in [1.165, 1.54) is 12.1 Å². The molecule has 0 bridgehead atoms. The quantitative estimate of drug-likeness (QED) is 0.863. The fourth-order valence-corrected chi connectivity index (χ4v) is 2.17. The maximum absolute atomic E-state index is 13.3. The van der Waals surface area contributed by atoms with Crippen LogP contribution in [0.2, 0.25) is 0 Å². The van der Waals surface area contributed by atoms with E-state index in [2.05, 4.69) is 5.32 Å². The zero-order chi connectivity index (χ0) is 14.4. The number of rotatable bonds is 6. The van der Waals surface area contributed by atoms with E-state index < -0.39 is 0 Å².